The van der Waals surface area contributed by atoms with Crippen molar-refractivity contribution >= 4 is 17.3 Å². The highest BCUT2D eigenvalue weighted by atomic mass is 16.5. The Kier molecular flexibility index (Phi) is 2.73. The smallest absolute Gasteiger partial charge is 0.267 e. The molecule has 2 N–H and O–H groups in total. The van der Waals surface area contributed by atoms with Gasteiger partial charge in [0.1, 0.15) is 5.75 Å². The number of hydrogen-bond donors (Lipinski definition) is 1. The number of benzene rings is 1. The van der Waals surface area contributed by atoms with E-state index in [1.54, 1.807) is 24.0 Å². The van der Waals surface area contributed by atoms with Crippen molar-refractivity contribution in [3.63, 3.8) is 0 Å². The van der Waals surface area contributed by atoms with Crippen LogP contribution < -0.4 is 15.4 Å². The van der Waals surface area contributed by atoms with Gasteiger partial charge in [-0.2, -0.15) is 0 Å². The van der Waals surface area contributed by atoms with Crippen LogP contribution in [0.25, 0.3) is 0 Å². The number of ether oxygens (including phenoxy) is 1. The molecule has 1 aliphatic heterocycles. The number of carbonyl (C=O) groups excluding carboxylic acids is 1. The summed E-state index contributed by atoms with van der Waals surface area (Å²) in [7, 11) is 0. The highest BCUT2D eigenvalue weighted by Gasteiger charge is 2.30. The second-order valence-corrected chi connectivity index (χ2v) is 3.98. The monoisotopic (exact) mass is 220 g/mol. The molecule has 0 fully saturated rings. The maximum Gasteiger partial charge on any atom is 0.267 e. The van der Waals surface area contributed by atoms with Gasteiger partial charge in [-0.05, 0) is 25.5 Å². The van der Waals surface area contributed by atoms with Gasteiger partial charge in [0.2, 0.25) is 0 Å². The number of hydrogen-bond acceptors (Lipinski definition) is 3. The standard InChI is InChI=1S/C12H16N2O2/c1-3-6-14-10-5-4-9(13)7-11(10)16-8(2)12(14)15/h4-5,7-8H,3,6,13H2,1-2H3. The summed E-state index contributed by atoms with van der Waals surface area (Å²) in [4.78, 5) is 13.7. The first-order valence-electron chi connectivity index (χ1n) is 5.51. The number of amides is 1. The van der Waals surface area contributed by atoms with Gasteiger partial charge in [-0.3, -0.25) is 4.79 Å². The maximum absolute atomic E-state index is 11.9. The van der Waals surface area contributed by atoms with E-state index in [2.05, 4.69) is 0 Å². The molecule has 0 aliphatic carbocycles. The minimum atomic E-state index is -0.430. The zero-order valence-corrected chi connectivity index (χ0v) is 9.56. The maximum atomic E-state index is 11.9. The van der Waals surface area contributed by atoms with E-state index in [1.165, 1.54) is 0 Å². The van der Waals surface area contributed by atoms with Crippen molar-refractivity contribution in [2.24, 2.45) is 0 Å². The summed E-state index contributed by atoms with van der Waals surface area (Å²) in [5.41, 5.74) is 7.17. The molecule has 0 bridgehead atoms. The minimum absolute atomic E-state index is 0.0131. The first kappa shape index (κ1) is 10.8. The Balaban J connectivity index is 2.43. The van der Waals surface area contributed by atoms with Crippen LogP contribution in [0.4, 0.5) is 11.4 Å². The van der Waals surface area contributed by atoms with E-state index in [4.69, 9.17) is 10.5 Å². The first-order valence-corrected chi connectivity index (χ1v) is 5.51. The lowest BCUT2D eigenvalue weighted by Gasteiger charge is -2.32. The van der Waals surface area contributed by atoms with Crippen LogP contribution in [0, 0.1) is 0 Å². The van der Waals surface area contributed by atoms with Crippen LogP contribution in [0.3, 0.4) is 0 Å². The number of fused-ring (bicyclic) bond motifs is 1. The molecule has 4 heteroatoms. The number of carbonyl (C=O) groups is 1. The number of anilines is 2. The minimum Gasteiger partial charge on any atom is -0.479 e. The van der Waals surface area contributed by atoms with Gasteiger partial charge < -0.3 is 15.4 Å². The summed E-state index contributed by atoms with van der Waals surface area (Å²) in [5, 5.41) is 0. The van der Waals surface area contributed by atoms with Gasteiger partial charge in [-0.25, -0.2) is 0 Å². The van der Waals surface area contributed by atoms with Crippen molar-refractivity contribution < 1.29 is 9.53 Å². The molecule has 0 radical (unpaired) electrons. The Morgan fingerprint density at radius 3 is 2.94 bits per heavy atom. The zero-order chi connectivity index (χ0) is 11.7. The fourth-order valence-corrected chi connectivity index (χ4v) is 1.88. The number of nitrogens with zero attached hydrogens (tertiary/aromatic N) is 1. The molecule has 2 rings (SSSR count). The zero-order valence-electron chi connectivity index (χ0n) is 9.56. The van der Waals surface area contributed by atoms with Crippen LogP contribution in [-0.2, 0) is 4.79 Å². The molecule has 0 spiro atoms. The molecule has 1 aromatic carbocycles. The van der Waals surface area contributed by atoms with Crippen LogP contribution in [-0.4, -0.2) is 18.6 Å². The van der Waals surface area contributed by atoms with E-state index in [0.717, 1.165) is 12.1 Å². The van der Waals surface area contributed by atoms with E-state index >= 15 is 0 Å². The van der Waals surface area contributed by atoms with Gasteiger partial charge in [0.15, 0.2) is 6.10 Å². The summed E-state index contributed by atoms with van der Waals surface area (Å²) in [5.74, 6) is 0.708. The third-order valence-electron chi connectivity index (χ3n) is 2.64. The Labute approximate surface area is 95.0 Å². The predicted octanol–water partition coefficient (Wildman–Crippen LogP) is 1.79. The molecule has 0 saturated carbocycles. The summed E-state index contributed by atoms with van der Waals surface area (Å²) >= 11 is 0. The summed E-state index contributed by atoms with van der Waals surface area (Å²) in [6.45, 7) is 4.52. The molecule has 1 amide bonds. The van der Waals surface area contributed by atoms with Crippen molar-refractivity contribution in [2.45, 2.75) is 26.4 Å². The van der Waals surface area contributed by atoms with Gasteiger partial charge in [0, 0.05) is 18.3 Å². The van der Waals surface area contributed by atoms with Crippen LogP contribution in [0.1, 0.15) is 20.3 Å². The van der Waals surface area contributed by atoms with E-state index in [-0.39, 0.29) is 5.91 Å². The van der Waals surface area contributed by atoms with Crippen LogP contribution in [0.5, 0.6) is 5.75 Å². The van der Waals surface area contributed by atoms with Crippen molar-refractivity contribution in [1.29, 1.82) is 0 Å². The third kappa shape index (κ3) is 1.71. The van der Waals surface area contributed by atoms with Gasteiger partial charge in [-0.1, -0.05) is 6.92 Å². The summed E-state index contributed by atoms with van der Waals surface area (Å²) in [6, 6.07) is 5.39. The Morgan fingerprint density at radius 1 is 1.50 bits per heavy atom. The van der Waals surface area contributed by atoms with E-state index < -0.39 is 6.10 Å². The van der Waals surface area contributed by atoms with Crippen molar-refractivity contribution in [3.8, 4) is 5.75 Å². The number of nitrogen functional groups attached to an aromatic ring is 1. The fourth-order valence-electron chi connectivity index (χ4n) is 1.88. The van der Waals surface area contributed by atoms with Crippen LogP contribution in [0.15, 0.2) is 18.2 Å². The molecule has 4 nitrogen and oxygen atoms in total. The summed E-state index contributed by atoms with van der Waals surface area (Å²) < 4.78 is 5.53. The Bertz CT molecular complexity index is 417. The second-order valence-electron chi connectivity index (χ2n) is 3.98. The predicted molar refractivity (Wildman–Crippen MR) is 63.6 cm³/mol. The second kappa shape index (κ2) is 4.04. The average molecular weight is 220 g/mol. The van der Waals surface area contributed by atoms with Crippen molar-refractivity contribution in [2.75, 3.05) is 17.2 Å². The molecule has 0 saturated heterocycles. The third-order valence-corrected chi connectivity index (χ3v) is 2.64. The molecule has 1 unspecified atom stereocenters. The first-order chi connectivity index (χ1) is 7.63. The molecule has 1 heterocycles. The quantitative estimate of drug-likeness (QED) is 0.773. The van der Waals surface area contributed by atoms with E-state index in [9.17, 15) is 4.79 Å². The Hall–Kier alpha value is -1.71. The van der Waals surface area contributed by atoms with Crippen LogP contribution >= 0.6 is 0 Å². The largest absolute Gasteiger partial charge is 0.479 e. The van der Waals surface area contributed by atoms with E-state index in [1.807, 2.05) is 13.0 Å². The van der Waals surface area contributed by atoms with Crippen LogP contribution in [0.2, 0.25) is 0 Å². The van der Waals surface area contributed by atoms with E-state index in [0.29, 0.717) is 18.0 Å². The molecule has 86 valence electrons. The molecular formula is C12H16N2O2. The van der Waals surface area contributed by atoms with Gasteiger partial charge in [0.05, 0.1) is 5.69 Å². The molecule has 1 aromatic rings. The Morgan fingerprint density at radius 2 is 2.25 bits per heavy atom. The highest BCUT2D eigenvalue weighted by Crippen LogP contribution is 2.35. The molecule has 16 heavy (non-hydrogen) atoms. The van der Waals surface area contributed by atoms with Crippen molar-refractivity contribution in [3.05, 3.63) is 18.2 Å². The topological polar surface area (TPSA) is 55.6 Å². The number of rotatable bonds is 2. The lowest BCUT2D eigenvalue weighted by Crippen LogP contribution is -2.44. The lowest BCUT2D eigenvalue weighted by atomic mass is 10.1. The molecule has 1 atom stereocenters. The number of nitrogens with two attached hydrogens (primary N) is 1. The normalized spacial score (nSPS) is 19.2. The van der Waals surface area contributed by atoms with Crippen molar-refractivity contribution in [1.82, 2.24) is 0 Å². The molecule has 0 aromatic heterocycles. The SMILES string of the molecule is CCCN1C(=O)C(C)Oc2cc(N)ccc21. The highest BCUT2D eigenvalue weighted by molar-refractivity contribution is 6.00. The van der Waals surface area contributed by atoms with Gasteiger partial charge in [-0.15, -0.1) is 0 Å². The molecular weight excluding hydrogens is 204 g/mol. The fraction of sp³-hybridized carbons (Fsp3) is 0.417. The summed E-state index contributed by atoms with van der Waals surface area (Å²) in [6.07, 6.45) is 0.489. The molecule has 1 aliphatic rings. The van der Waals surface area contributed by atoms with Gasteiger partial charge >= 0.3 is 0 Å². The lowest BCUT2D eigenvalue weighted by molar-refractivity contribution is -0.125. The average Bonchev–Trinajstić information content (AvgIpc) is 2.24. The van der Waals surface area contributed by atoms with Gasteiger partial charge in [0.25, 0.3) is 5.91 Å².